The summed E-state index contributed by atoms with van der Waals surface area (Å²) in [5.74, 6) is 6.01. The van der Waals surface area contributed by atoms with Crippen molar-refractivity contribution in [3.63, 3.8) is 0 Å². The predicted molar refractivity (Wildman–Crippen MR) is 65.8 cm³/mol. The largest absolute Gasteiger partial charge is 0.320 e. The molecular formula is C14H19N. The van der Waals surface area contributed by atoms with Crippen LogP contribution in [0.5, 0.6) is 0 Å². The Morgan fingerprint density at radius 1 is 1.27 bits per heavy atom. The summed E-state index contributed by atoms with van der Waals surface area (Å²) in [7, 11) is 0. The molecule has 0 aliphatic heterocycles. The third kappa shape index (κ3) is 3.11. The van der Waals surface area contributed by atoms with E-state index in [1.165, 1.54) is 11.1 Å². The summed E-state index contributed by atoms with van der Waals surface area (Å²) in [6, 6.07) is 6.46. The first kappa shape index (κ1) is 11.8. The molecule has 1 rings (SSSR count). The molecule has 0 amide bonds. The maximum Gasteiger partial charge on any atom is 0.0555 e. The summed E-state index contributed by atoms with van der Waals surface area (Å²) in [6.45, 7) is 9.11. The van der Waals surface area contributed by atoms with Gasteiger partial charge in [-0.05, 0) is 29.5 Å². The molecule has 0 spiro atoms. The van der Waals surface area contributed by atoms with Crippen LogP contribution in [0.2, 0.25) is 0 Å². The quantitative estimate of drug-likeness (QED) is 0.641. The molecule has 2 N–H and O–H groups in total. The molecule has 0 fully saturated rings. The van der Waals surface area contributed by atoms with E-state index >= 15 is 0 Å². The highest BCUT2D eigenvalue weighted by Gasteiger charge is 2.13. The fourth-order valence-corrected chi connectivity index (χ4v) is 1.37. The predicted octanol–water partition coefficient (Wildman–Crippen LogP) is 2.60. The third-order valence-corrected chi connectivity index (χ3v) is 2.43. The lowest BCUT2D eigenvalue weighted by atomic mass is 9.85. The molecule has 15 heavy (non-hydrogen) atoms. The Morgan fingerprint density at radius 3 is 2.47 bits per heavy atom. The highest BCUT2D eigenvalue weighted by molar-refractivity contribution is 5.44. The second-order valence-corrected chi connectivity index (χ2v) is 4.79. The van der Waals surface area contributed by atoms with E-state index in [1.807, 2.05) is 0 Å². The Balaban J connectivity index is 3.17. The second kappa shape index (κ2) is 4.51. The zero-order valence-electron chi connectivity index (χ0n) is 10.0. The fourth-order valence-electron chi connectivity index (χ4n) is 1.37. The molecule has 1 heteroatoms. The van der Waals surface area contributed by atoms with Gasteiger partial charge in [0.2, 0.25) is 0 Å². The van der Waals surface area contributed by atoms with Gasteiger partial charge in [0.25, 0.3) is 0 Å². The molecule has 0 heterocycles. The summed E-state index contributed by atoms with van der Waals surface area (Å²) >= 11 is 0. The van der Waals surface area contributed by atoms with Crippen molar-refractivity contribution >= 4 is 0 Å². The van der Waals surface area contributed by atoms with Gasteiger partial charge in [-0.3, -0.25) is 0 Å². The summed E-state index contributed by atoms with van der Waals surface area (Å²) in [6.07, 6.45) is 0. The first-order valence-electron chi connectivity index (χ1n) is 5.25. The molecule has 0 atom stereocenters. The van der Waals surface area contributed by atoms with Crippen LogP contribution in [0.15, 0.2) is 18.2 Å². The lowest BCUT2D eigenvalue weighted by Gasteiger charge is -2.19. The number of rotatable bonds is 0. The first-order valence-corrected chi connectivity index (χ1v) is 5.25. The molecule has 0 saturated carbocycles. The highest BCUT2D eigenvalue weighted by Crippen LogP contribution is 2.23. The van der Waals surface area contributed by atoms with Gasteiger partial charge in [0.1, 0.15) is 0 Å². The van der Waals surface area contributed by atoms with Gasteiger partial charge in [0.15, 0.2) is 0 Å². The minimum Gasteiger partial charge on any atom is -0.320 e. The number of hydrogen-bond donors (Lipinski definition) is 1. The van der Waals surface area contributed by atoms with Gasteiger partial charge < -0.3 is 5.73 Å². The van der Waals surface area contributed by atoms with E-state index in [1.54, 1.807) is 0 Å². The number of hydrogen-bond acceptors (Lipinski definition) is 1. The van der Waals surface area contributed by atoms with Crippen LogP contribution in [0.4, 0.5) is 0 Å². The van der Waals surface area contributed by atoms with Crippen molar-refractivity contribution in [2.75, 3.05) is 6.54 Å². The number of benzene rings is 1. The number of aryl methyl sites for hydroxylation is 1. The van der Waals surface area contributed by atoms with Crippen molar-refractivity contribution in [2.45, 2.75) is 33.1 Å². The normalized spacial score (nSPS) is 10.7. The van der Waals surface area contributed by atoms with Crippen molar-refractivity contribution < 1.29 is 0 Å². The molecule has 0 aliphatic rings. The minimum atomic E-state index is 0.173. The summed E-state index contributed by atoms with van der Waals surface area (Å²) in [5, 5.41) is 0. The highest BCUT2D eigenvalue weighted by atomic mass is 14.5. The lowest BCUT2D eigenvalue weighted by molar-refractivity contribution is 0.590. The molecule has 0 aliphatic carbocycles. The van der Waals surface area contributed by atoms with Crippen molar-refractivity contribution in [1.82, 2.24) is 0 Å². The van der Waals surface area contributed by atoms with E-state index in [0.29, 0.717) is 6.54 Å². The van der Waals surface area contributed by atoms with Gasteiger partial charge in [-0.25, -0.2) is 0 Å². The maximum atomic E-state index is 5.38. The van der Waals surface area contributed by atoms with Crippen LogP contribution in [0.1, 0.15) is 37.5 Å². The minimum absolute atomic E-state index is 0.173. The van der Waals surface area contributed by atoms with Crippen LogP contribution in [0.3, 0.4) is 0 Å². The van der Waals surface area contributed by atoms with Crippen LogP contribution in [-0.2, 0) is 5.41 Å². The van der Waals surface area contributed by atoms with Gasteiger partial charge >= 0.3 is 0 Å². The molecule has 0 saturated heterocycles. The molecule has 1 aromatic rings. The second-order valence-electron chi connectivity index (χ2n) is 4.79. The Bertz CT molecular complexity index is 400. The molecule has 0 radical (unpaired) electrons. The molecule has 0 aromatic heterocycles. The van der Waals surface area contributed by atoms with Crippen LogP contribution in [0.25, 0.3) is 0 Å². The Morgan fingerprint density at radius 2 is 1.93 bits per heavy atom. The van der Waals surface area contributed by atoms with Crippen molar-refractivity contribution in [3.05, 3.63) is 34.9 Å². The molecule has 0 unspecified atom stereocenters. The maximum absolute atomic E-state index is 5.38. The lowest BCUT2D eigenvalue weighted by Crippen LogP contribution is -2.11. The van der Waals surface area contributed by atoms with Crippen LogP contribution >= 0.6 is 0 Å². The van der Waals surface area contributed by atoms with Crippen molar-refractivity contribution in [1.29, 1.82) is 0 Å². The SMILES string of the molecule is Cc1ccc(C(C)(C)C)cc1C#CCN. The standard InChI is InChI=1S/C14H19N/c1-11-7-8-13(14(2,3)4)10-12(11)6-5-9-15/h7-8,10H,9,15H2,1-4H3. The van der Waals surface area contributed by atoms with Crippen LogP contribution in [0, 0.1) is 18.8 Å². The van der Waals surface area contributed by atoms with Gasteiger partial charge in [0, 0.05) is 5.56 Å². The van der Waals surface area contributed by atoms with Crippen molar-refractivity contribution in [3.8, 4) is 11.8 Å². The zero-order chi connectivity index (χ0) is 11.5. The average Bonchev–Trinajstić information content (AvgIpc) is 2.15. The van der Waals surface area contributed by atoms with E-state index in [0.717, 1.165) is 5.56 Å². The number of nitrogens with two attached hydrogens (primary N) is 1. The summed E-state index contributed by atoms with van der Waals surface area (Å²) in [5.41, 5.74) is 9.17. The average molecular weight is 201 g/mol. The topological polar surface area (TPSA) is 26.0 Å². The van der Waals surface area contributed by atoms with E-state index < -0.39 is 0 Å². The molecule has 0 bridgehead atoms. The van der Waals surface area contributed by atoms with Crippen LogP contribution in [-0.4, -0.2) is 6.54 Å². The fraction of sp³-hybridized carbons (Fsp3) is 0.429. The first-order chi connectivity index (χ1) is 6.95. The van der Waals surface area contributed by atoms with Gasteiger partial charge in [-0.1, -0.05) is 44.7 Å². The molecule has 1 nitrogen and oxygen atoms in total. The monoisotopic (exact) mass is 201 g/mol. The molecule has 1 aromatic carbocycles. The Kier molecular flexibility index (Phi) is 3.55. The summed E-state index contributed by atoms with van der Waals surface area (Å²) < 4.78 is 0. The van der Waals surface area contributed by atoms with Gasteiger partial charge in [0.05, 0.1) is 6.54 Å². The van der Waals surface area contributed by atoms with E-state index in [-0.39, 0.29) is 5.41 Å². The van der Waals surface area contributed by atoms with Gasteiger partial charge in [-0.2, -0.15) is 0 Å². The summed E-state index contributed by atoms with van der Waals surface area (Å²) in [4.78, 5) is 0. The van der Waals surface area contributed by atoms with E-state index in [2.05, 4.69) is 57.7 Å². The molecule has 80 valence electrons. The van der Waals surface area contributed by atoms with E-state index in [9.17, 15) is 0 Å². The third-order valence-electron chi connectivity index (χ3n) is 2.43. The molecular weight excluding hydrogens is 182 g/mol. The smallest absolute Gasteiger partial charge is 0.0555 e. The van der Waals surface area contributed by atoms with E-state index in [4.69, 9.17) is 5.73 Å². The zero-order valence-corrected chi connectivity index (χ0v) is 10.0. The van der Waals surface area contributed by atoms with Crippen molar-refractivity contribution in [2.24, 2.45) is 5.73 Å². The Hall–Kier alpha value is -1.26. The van der Waals surface area contributed by atoms with Gasteiger partial charge in [-0.15, -0.1) is 0 Å². The Labute approximate surface area is 92.7 Å². The van der Waals surface area contributed by atoms with Crippen LogP contribution < -0.4 is 5.73 Å².